The first kappa shape index (κ1) is 22.0. The van der Waals surface area contributed by atoms with Gasteiger partial charge in [-0.3, -0.25) is 0 Å². The summed E-state index contributed by atoms with van der Waals surface area (Å²) in [6, 6.07) is 15.9. The van der Waals surface area contributed by atoms with E-state index in [2.05, 4.69) is 31.3 Å². The second-order valence-corrected chi connectivity index (χ2v) is 9.07. The Bertz CT molecular complexity index is 1160. The molecule has 3 rings (SSSR count). The van der Waals surface area contributed by atoms with Gasteiger partial charge in [0.15, 0.2) is 5.75 Å². The summed E-state index contributed by atoms with van der Waals surface area (Å²) in [6.07, 6.45) is 0. The van der Waals surface area contributed by atoms with Gasteiger partial charge >= 0.3 is 10.1 Å². The SMILES string of the molecule is COc1cc(CNc2ccc(C)c(C)c2)cc(Cl)c1OS(=O)(=O)c1ccc(C)cc1. The molecule has 0 aliphatic rings. The number of rotatable bonds is 7. The molecule has 0 amide bonds. The van der Waals surface area contributed by atoms with E-state index in [0.29, 0.717) is 6.54 Å². The molecule has 0 aromatic heterocycles. The Morgan fingerprint density at radius 1 is 0.933 bits per heavy atom. The number of halogens is 1. The number of methoxy groups -OCH3 is 1. The molecule has 0 aliphatic carbocycles. The number of benzene rings is 3. The van der Waals surface area contributed by atoms with Crippen molar-refractivity contribution in [3.8, 4) is 11.5 Å². The molecular weight excluding hydrogens is 422 g/mol. The molecule has 0 radical (unpaired) electrons. The lowest BCUT2D eigenvalue weighted by Crippen LogP contribution is -2.11. The Balaban J connectivity index is 1.83. The van der Waals surface area contributed by atoms with Crippen molar-refractivity contribution in [3.05, 3.63) is 81.9 Å². The van der Waals surface area contributed by atoms with Crippen molar-refractivity contribution in [3.63, 3.8) is 0 Å². The van der Waals surface area contributed by atoms with Crippen LogP contribution in [0.3, 0.4) is 0 Å². The Hall–Kier alpha value is -2.70. The summed E-state index contributed by atoms with van der Waals surface area (Å²) in [5.74, 6) is 0.213. The third-order valence-electron chi connectivity index (χ3n) is 4.80. The van der Waals surface area contributed by atoms with Crippen LogP contribution in [0.5, 0.6) is 11.5 Å². The fourth-order valence-corrected chi connectivity index (χ4v) is 4.15. The van der Waals surface area contributed by atoms with E-state index in [1.165, 1.54) is 30.4 Å². The molecule has 0 fully saturated rings. The number of nitrogens with one attached hydrogen (secondary N) is 1. The van der Waals surface area contributed by atoms with E-state index in [9.17, 15) is 8.42 Å². The molecule has 158 valence electrons. The Morgan fingerprint density at radius 2 is 1.63 bits per heavy atom. The zero-order valence-corrected chi connectivity index (χ0v) is 18.9. The maximum absolute atomic E-state index is 12.6. The van der Waals surface area contributed by atoms with Gasteiger partial charge < -0.3 is 14.2 Å². The Morgan fingerprint density at radius 3 is 2.27 bits per heavy atom. The highest BCUT2D eigenvalue weighted by Crippen LogP contribution is 2.38. The minimum Gasteiger partial charge on any atom is -0.493 e. The standard InChI is InChI=1S/C23H24ClNO4S/c1-15-5-9-20(10-6-15)30(26,27)29-23-21(24)12-18(13-22(23)28-4)14-25-19-8-7-16(2)17(3)11-19/h5-13,25H,14H2,1-4H3. The second kappa shape index (κ2) is 8.98. The molecule has 5 nitrogen and oxygen atoms in total. The third-order valence-corrected chi connectivity index (χ3v) is 6.31. The van der Waals surface area contributed by atoms with Crippen molar-refractivity contribution in [2.75, 3.05) is 12.4 Å². The van der Waals surface area contributed by atoms with Crippen LogP contribution in [-0.2, 0) is 16.7 Å². The summed E-state index contributed by atoms with van der Waals surface area (Å²) < 4.78 is 36.0. The summed E-state index contributed by atoms with van der Waals surface area (Å²) in [5.41, 5.74) is 5.18. The van der Waals surface area contributed by atoms with Crippen LogP contribution in [0.15, 0.2) is 59.5 Å². The molecule has 1 N–H and O–H groups in total. The molecule has 0 heterocycles. The molecule has 0 bridgehead atoms. The number of hydrogen-bond donors (Lipinski definition) is 1. The van der Waals surface area contributed by atoms with Crippen LogP contribution < -0.4 is 14.2 Å². The number of aryl methyl sites for hydroxylation is 3. The molecule has 3 aromatic carbocycles. The van der Waals surface area contributed by atoms with Gasteiger partial charge in [0.25, 0.3) is 0 Å². The summed E-state index contributed by atoms with van der Waals surface area (Å²) in [4.78, 5) is 0.0479. The maximum atomic E-state index is 12.6. The molecule has 0 unspecified atom stereocenters. The van der Waals surface area contributed by atoms with Crippen LogP contribution in [0.1, 0.15) is 22.3 Å². The minimum absolute atomic E-state index is 0.0327. The number of hydrogen-bond acceptors (Lipinski definition) is 5. The lowest BCUT2D eigenvalue weighted by molar-refractivity contribution is 0.390. The molecule has 0 aliphatic heterocycles. The fourth-order valence-electron chi connectivity index (χ4n) is 2.87. The van der Waals surface area contributed by atoms with Crippen molar-refractivity contribution in [1.82, 2.24) is 0 Å². The Kier molecular flexibility index (Phi) is 6.58. The average molecular weight is 446 g/mol. The van der Waals surface area contributed by atoms with Crippen molar-refractivity contribution in [2.24, 2.45) is 0 Å². The molecule has 0 atom stereocenters. The van der Waals surface area contributed by atoms with E-state index in [-0.39, 0.29) is 21.4 Å². The van der Waals surface area contributed by atoms with Crippen LogP contribution in [-0.4, -0.2) is 15.5 Å². The Labute approximate surface area is 182 Å². The zero-order valence-electron chi connectivity index (χ0n) is 17.3. The fraction of sp³-hybridized carbons (Fsp3) is 0.217. The molecule has 3 aromatic rings. The maximum Gasteiger partial charge on any atom is 0.339 e. The zero-order chi connectivity index (χ0) is 21.9. The average Bonchev–Trinajstić information content (AvgIpc) is 2.70. The molecule has 0 spiro atoms. The van der Waals surface area contributed by atoms with Crippen molar-refractivity contribution >= 4 is 27.4 Å². The van der Waals surface area contributed by atoms with E-state index in [4.69, 9.17) is 20.5 Å². The predicted octanol–water partition coefficient (Wildman–Crippen LogP) is 5.65. The number of anilines is 1. The van der Waals surface area contributed by atoms with Gasteiger partial charge in [-0.05, 0) is 73.9 Å². The first-order chi connectivity index (χ1) is 14.2. The van der Waals surface area contributed by atoms with Crippen molar-refractivity contribution < 1.29 is 17.3 Å². The quantitative estimate of drug-likeness (QED) is 0.476. The van der Waals surface area contributed by atoms with Gasteiger partial charge in [0, 0.05) is 12.2 Å². The van der Waals surface area contributed by atoms with Gasteiger partial charge in [-0.15, -0.1) is 0 Å². The van der Waals surface area contributed by atoms with Gasteiger partial charge in [0.2, 0.25) is 5.75 Å². The van der Waals surface area contributed by atoms with Crippen molar-refractivity contribution in [1.29, 1.82) is 0 Å². The number of ether oxygens (including phenoxy) is 1. The summed E-state index contributed by atoms with van der Waals surface area (Å²) >= 11 is 6.36. The largest absolute Gasteiger partial charge is 0.493 e. The first-order valence-corrected chi connectivity index (χ1v) is 11.2. The van der Waals surface area contributed by atoms with E-state index >= 15 is 0 Å². The van der Waals surface area contributed by atoms with Gasteiger partial charge in [-0.1, -0.05) is 35.4 Å². The molecule has 7 heteroatoms. The highest BCUT2D eigenvalue weighted by atomic mass is 35.5. The van der Waals surface area contributed by atoms with Gasteiger partial charge in [0.05, 0.1) is 12.1 Å². The van der Waals surface area contributed by atoms with Crippen LogP contribution in [0.2, 0.25) is 5.02 Å². The van der Waals surface area contributed by atoms with Gasteiger partial charge in [0.1, 0.15) is 4.90 Å². The van der Waals surface area contributed by atoms with E-state index in [1.807, 2.05) is 13.0 Å². The summed E-state index contributed by atoms with van der Waals surface area (Å²) in [6.45, 7) is 6.49. The minimum atomic E-state index is -4.04. The normalized spacial score (nSPS) is 11.2. The lowest BCUT2D eigenvalue weighted by Gasteiger charge is -2.15. The van der Waals surface area contributed by atoms with E-state index < -0.39 is 10.1 Å². The van der Waals surface area contributed by atoms with Crippen LogP contribution in [0.4, 0.5) is 5.69 Å². The second-order valence-electron chi connectivity index (χ2n) is 7.11. The van der Waals surface area contributed by atoms with Crippen LogP contribution in [0, 0.1) is 20.8 Å². The molecular formula is C23H24ClNO4S. The summed E-state index contributed by atoms with van der Waals surface area (Å²) in [7, 11) is -2.60. The topological polar surface area (TPSA) is 64.6 Å². The third kappa shape index (κ3) is 5.07. The van der Waals surface area contributed by atoms with Crippen LogP contribution in [0.25, 0.3) is 0 Å². The van der Waals surface area contributed by atoms with Crippen LogP contribution >= 0.6 is 11.6 Å². The van der Waals surface area contributed by atoms with E-state index in [0.717, 1.165) is 16.8 Å². The molecule has 0 saturated carbocycles. The van der Waals surface area contributed by atoms with E-state index in [1.54, 1.807) is 24.3 Å². The lowest BCUT2D eigenvalue weighted by atomic mass is 10.1. The summed E-state index contributed by atoms with van der Waals surface area (Å²) in [5, 5.41) is 3.49. The van der Waals surface area contributed by atoms with Gasteiger partial charge in [-0.25, -0.2) is 0 Å². The van der Waals surface area contributed by atoms with Gasteiger partial charge in [-0.2, -0.15) is 8.42 Å². The highest BCUT2D eigenvalue weighted by molar-refractivity contribution is 7.87. The smallest absolute Gasteiger partial charge is 0.339 e. The first-order valence-electron chi connectivity index (χ1n) is 9.38. The van der Waals surface area contributed by atoms with Crippen molar-refractivity contribution in [2.45, 2.75) is 32.2 Å². The monoisotopic (exact) mass is 445 g/mol. The molecule has 30 heavy (non-hydrogen) atoms. The highest BCUT2D eigenvalue weighted by Gasteiger charge is 2.22. The predicted molar refractivity (Wildman–Crippen MR) is 120 cm³/mol. The molecule has 0 saturated heterocycles.